The molecular weight excluding hydrogens is 382 g/mol. The largest absolute Gasteiger partial charge is 0.322 e. The molecule has 1 heterocycles. The van der Waals surface area contributed by atoms with Crippen LogP contribution in [0.4, 0.5) is 5.69 Å². The van der Waals surface area contributed by atoms with E-state index in [1.807, 2.05) is 42.5 Å². The van der Waals surface area contributed by atoms with Gasteiger partial charge >= 0.3 is 0 Å². The zero-order valence-corrected chi connectivity index (χ0v) is 14.5. The predicted octanol–water partition coefficient (Wildman–Crippen LogP) is 3.83. The standard InChI is InChI=1S/C18H12BrN5O/c19-16-6-3-4-12-10-13(8-9-14(12)16)21-18(25)15-5-1-2-7-17(15)24-11-20-22-23-24/h1-11H,(H,21,25). The number of halogens is 1. The molecule has 0 unspecified atom stereocenters. The number of nitrogens with zero attached hydrogens (tertiary/aromatic N) is 4. The molecule has 0 saturated heterocycles. The molecule has 0 aliphatic heterocycles. The van der Waals surface area contributed by atoms with Crippen LogP contribution in [0.1, 0.15) is 10.4 Å². The number of carbonyl (C=O) groups is 1. The smallest absolute Gasteiger partial charge is 0.257 e. The van der Waals surface area contributed by atoms with E-state index in [2.05, 4.69) is 36.8 Å². The summed E-state index contributed by atoms with van der Waals surface area (Å²) >= 11 is 3.53. The van der Waals surface area contributed by atoms with E-state index in [0.717, 1.165) is 20.9 Å². The van der Waals surface area contributed by atoms with Crippen LogP contribution in [-0.4, -0.2) is 26.1 Å². The minimum Gasteiger partial charge on any atom is -0.322 e. The van der Waals surface area contributed by atoms with E-state index in [9.17, 15) is 4.79 Å². The first kappa shape index (κ1) is 15.5. The van der Waals surface area contributed by atoms with Crippen LogP contribution in [0.15, 0.2) is 71.5 Å². The van der Waals surface area contributed by atoms with E-state index in [4.69, 9.17) is 0 Å². The summed E-state index contributed by atoms with van der Waals surface area (Å²) in [4.78, 5) is 12.7. The molecule has 1 aromatic heterocycles. The Balaban J connectivity index is 1.67. The molecule has 6 nitrogen and oxygen atoms in total. The second-order valence-corrected chi connectivity index (χ2v) is 6.26. The third-order valence-corrected chi connectivity index (χ3v) is 4.52. The molecule has 3 aromatic carbocycles. The number of benzene rings is 3. The van der Waals surface area contributed by atoms with Crippen molar-refractivity contribution in [3.05, 3.63) is 77.0 Å². The number of fused-ring (bicyclic) bond motifs is 1. The zero-order valence-electron chi connectivity index (χ0n) is 12.9. The van der Waals surface area contributed by atoms with Gasteiger partial charge in [0.2, 0.25) is 0 Å². The summed E-state index contributed by atoms with van der Waals surface area (Å²) < 4.78 is 2.48. The lowest BCUT2D eigenvalue weighted by Crippen LogP contribution is -2.15. The topological polar surface area (TPSA) is 72.7 Å². The van der Waals surface area contributed by atoms with Gasteiger partial charge in [-0.2, -0.15) is 4.68 Å². The molecule has 4 aromatic rings. The van der Waals surface area contributed by atoms with Gasteiger partial charge in [-0.05, 0) is 51.5 Å². The van der Waals surface area contributed by atoms with Gasteiger partial charge in [-0.3, -0.25) is 4.79 Å². The Bertz CT molecular complexity index is 1060. The van der Waals surface area contributed by atoms with Gasteiger partial charge in [-0.25, -0.2) is 0 Å². The van der Waals surface area contributed by atoms with Crippen LogP contribution in [0.3, 0.4) is 0 Å². The highest BCUT2D eigenvalue weighted by Gasteiger charge is 2.13. The molecule has 0 aliphatic carbocycles. The molecule has 1 N–H and O–H groups in total. The highest BCUT2D eigenvalue weighted by Crippen LogP contribution is 2.26. The summed E-state index contributed by atoms with van der Waals surface area (Å²) in [6.07, 6.45) is 1.46. The Morgan fingerprint density at radius 3 is 2.76 bits per heavy atom. The zero-order chi connectivity index (χ0) is 17.2. The number of anilines is 1. The maximum atomic E-state index is 12.7. The Morgan fingerprint density at radius 1 is 1.04 bits per heavy atom. The maximum absolute atomic E-state index is 12.7. The van der Waals surface area contributed by atoms with Crippen molar-refractivity contribution in [2.75, 3.05) is 5.32 Å². The summed E-state index contributed by atoms with van der Waals surface area (Å²) in [5.41, 5.74) is 1.83. The van der Waals surface area contributed by atoms with E-state index in [-0.39, 0.29) is 5.91 Å². The third kappa shape index (κ3) is 3.01. The number of hydrogen-bond donors (Lipinski definition) is 1. The summed E-state index contributed by atoms with van der Waals surface area (Å²) in [6.45, 7) is 0. The van der Waals surface area contributed by atoms with Crippen LogP contribution in [-0.2, 0) is 0 Å². The number of tetrazole rings is 1. The lowest BCUT2D eigenvalue weighted by molar-refractivity contribution is 0.102. The lowest BCUT2D eigenvalue weighted by atomic mass is 10.1. The van der Waals surface area contributed by atoms with Crippen LogP contribution in [0, 0.1) is 0 Å². The first-order chi connectivity index (χ1) is 12.2. The van der Waals surface area contributed by atoms with Crippen LogP contribution in [0.5, 0.6) is 0 Å². The molecule has 0 spiro atoms. The molecule has 122 valence electrons. The fourth-order valence-electron chi connectivity index (χ4n) is 2.66. The average molecular weight is 394 g/mol. The van der Waals surface area contributed by atoms with Crippen molar-refractivity contribution < 1.29 is 4.79 Å². The highest BCUT2D eigenvalue weighted by molar-refractivity contribution is 9.10. The minimum atomic E-state index is -0.222. The average Bonchev–Trinajstić information content (AvgIpc) is 3.16. The molecule has 0 aliphatic rings. The number of hydrogen-bond acceptors (Lipinski definition) is 4. The van der Waals surface area contributed by atoms with Gasteiger partial charge in [0.25, 0.3) is 5.91 Å². The molecule has 0 atom stereocenters. The fraction of sp³-hybridized carbons (Fsp3) is 0. The predicted molar refractivity (Wildman–Crippen MR) is 98.8 cm³/mol. The van der Waals surface area contributed by atoms with Crippen molar-refractivity contribution in [2.45, 2.75) is 0 Å². The number of nitrogens with one attached hydrogen (secondary N) is 1. The van der Waals surface area contributed by atoms with Crippen molar-refractivity contribution in [2.24, 2.45) is 0 Å². The second-order valence-electron chi connectivity index (χ2n) is 5.40. The van der Waals surface area contributed by atoms with Crippen LogP contribution in [0.2, 0.25) is 0 Å². The Hall–Kier alpha value is -3.06. The lowest BCUT2D eigenvalue weighted by Gasteiger charge is -2.10. The highest BCUT2D eigenvalue weighted by atomic mass is 79.9. The van der Waals surface area contributed by atoms with E-state index < -0.39 is 0 Å². The molecule has 7 heteroatoms. The van der Waals surface area contributed by atoms with Crippen molar-refractivity contribution in [3.63, 3.8) is 0 Å². The van der Waals surface area contributed by atoms with Gasteiger partial charge in [0, 0.05) is 10.2 Å². The van der Waals surface area contributed by atoms with Gasteiger partial charge in [0.15, 0.2) is 0 Å². The molecule has 0 saturated carbocycles. The molecule has 4 rings (SSSR count). The number of rotatable bonds is 3. The summed E-state index contributed by atoms with van der Waals surface area (Å²) in [5.74, 6) is -0.222. The van der Waals surface area contributed by atoms with Crippen LogP contribution in [0.25, 0.3) is 16.5 Å². The normalized spacial score (nSPS) is 10.8. The van der Waals surface area contributed by atoms with Crippen LogP contribution >= 0.6 is 15.9 Å². The van der Waals surface area contributed by atoms with E-state index in [1.54, 1.807) is 18.2 Å². The summed E-state index contributed by atoms with van der Waals surface area (Å²) in [6, 6.07) is 18.9. The van der Waals surface area contributed by atoms with Gasteiger partial charge in [0.05, 0.1) is 11.3 Å². The molecular formula is C18H12BrN5O. The van der Waals surface area contributed by atoms with E-state index in [1.165, 1.54) is 11.0 Å². The Labute approximate surface area is 151 Å². The van der Waals surface area contributed by atoms with Gasteiger partial charge in [0.1, 0.15) is 6.33 Å². The number of carbonyl (C=O) groups excluding carboxylic acids is 1. The summed E-state index contributed by atoms with van der Waals surface area (Å²) in [5, 5.41) is 16.2. The molecule has 25 heavy (non-hydrogen) atoms. The number of aromatic nitrogens is 4. The Kier molecular flexibility index (Phi) is 3.99. The maximum Gasteiger partial charge on any atom is 0.257 e. The molecule has 1 amide bonds. The van der Waals surface area contributed by atoms with Gasteiger partial charge in [-0.15, -0.1) is 5.10 Å². The molecule has 0 radical (unpaired) electrons. The van der Waals surface area contributed by atoms with Gasteiger partial charge in [-0.1, -0.05) is 46.3 Å². The molecule has 0 bridgehead atoms. The SMILES string of the molecule is O=C(Nc1ccc2c(Br)cccc2c1)c1ccccc1-n1cnnn1. The summed E-state index contributed by atoms with van der Waals surface area (Å²) in [7, 11) is 0. The van der Waals surface area contributed by atoms with Gasteiger partial charge < -0.3 is 5.32 Å². The first-order valence-corrected chi connectivity index (χ1v) is 8.34. The number of amides is 1. The monoisotopic (exact) mass is 393 g/mol. The quantitative estimate of drug-likeness (QED) is 0.573. The Morgan fingerprint density at radius 2 is 1.92 bits per heavy atom. The third-order valence-electron chi connectivity index (χ3n) is 3.83. The van der Waals surface area contributed by atoms with Crippen molar-refractivity contribution in [1.29, 1.82) is 0 Å². The van der Waals surface area contributed by atoms with Crippen molar-refractivity contribution in [1.82, 2.24) is 20.2 Å². The number of para-hydroxylation sites is 1. The van der Waals surface area contributed by atoms with E-state index >= 15 is 0 Å². The van der Waals surface area contributed by atoms with E-state index in [0.29, 0.717) is 11.3 Å². The van der Waals surface area contributed by atoms with Crippen molar-refractivity contribution >= 4 is 38.3 Å². The van der Waals surface area contributed by atoms with Crippen LogP contribution < -0.4 is 5.32 Å². The fourth-order valence-corrected chi connectivity index (χ4v) is 3.17. The van der Waals surface area contributed by atoms with Crippen molar-refractivity contribution in [3.8, 4) is 5.69 Å². The first-order valence-electron chi connectivity index (χ1n) is 7.54. The minimum absolute atomic E-state index is 0.222. The second kappa shape index (κ2) is 6.45. The molecule has 0 fully saturated rings.